The molecule has 0 heteroatoms. The maximum Gasteiger partial charge on any atom is -0.0357 e. The van der Waals surface area contributed by atoms with Crippen LogP contribution >= 0.6 is 0 Å². The first-order valence-corrected chi connectivity index (χ1v) is 9.42. The number of rotatable bonds is 2. The van der Waals surface area contributed by atoms with Crippen LogP contribution in [0.2, 0.25) is 0 Å². The fourth-order valence-electron chi connectivity index (χ4n) is 6.69. The zero-order valence-electron chi connectivity index (χ0n) is 12.7. The molecule has 0 amide bonds. The summed E-state index contributed by atoms with van der Waals surface area (Å²) in [6, 6.07) is 0. The molecule has 4 fully saturated rings. The SMILES string of the molecule is C1CCC2C(C1)CCC2C[C@@H]1CCC2CCCCC21. The van der Waals surface area contributed by atoms with Crippen LogP contribution in [0.3, 0.4) is 0 Å². The highest BCUT2D eigenvalue weighted by Crippen LogP contribution is 2.53. The smallest absolute Gasteiger partial charge is 0.0357 e. The Balaban J connectivity index is 1.38. The van der Waals surface area contributed by atoms with Crippen molar-refractivity contribution in [1.29, 1.82) is 0 Å². The highest BCUT2D eigenvalue weighted by molar-refractivity contribution is 4.93. The minimum atomic E-state index is 1.15. The van der Waals surface area contributed by atoms with Gasteiger partial charge < -0.3 is 0 Å². The van der Waals surface area contributed by atoms with Gasteiger partial charge >= 0.3 is 0 Å². The standard InChI is InChI=1S/C19H32/c1-3-7-18-14(5-1)9-11-16(18)13-17-12-10-15-6-2-4-8-19(15)17/h14-19H,1-13H2/t14?,15?,16-,17?,18?,19?/m0/s1. The Morgan fingerprint density at radius 3 is 1.47 bits per heavy atom. The Morgan fingerprint density at radius 2 is 0.947 bits per heavy atom. The third kappa shape index (κ3) is 2.38. The summed E-state index contributed by atoms with van der Waals surface area (Å²) >= 11 is 0. The van der Waals surface area contributed by atoms with Gasteiger partial charge in [0.25, 0.3) is 0 Å². The van der Waals surface area contributed by atoms with Crippen LogP contribution in [0.1, 0.15) is 83.5 Å². The summed E-state index contributed by atoms with van der Waals surface area (Å²) < 4.78 is 0. The van der Waals surface area contributed by atoms with E-state index >= 15 is 0 Å². The molecule has 19 heavy (non-hydrogen) atoms. The summed E-state index contributed by atoms with van der Waals surface area (Å²) in [5.41, 5.74) is 0. The summed E-state index contributed by atoms with van der Waals surface area (Å²) in [6.07, 6.45) is 20.6. The fraction of sp³-hybridized carbons (Fsp3) is 1.00. The van der Waals surface area contributed by atoms with E-state index in [2.05, 4.69) is 0 Å². The van der Waals surface area contributed by atoms with Gasteiger partial charge in [-0.3, -0.25) is 0 Å². The molecule has 4 saturated carbocycles. The predicted octanol–water partition coefficient (Wildman–Crippen LogP) is 5.81. The molecule has 0 aliphatic heterocycles. The molecular formula is C19H32. The highest BCUT2D eigenvalue weighted by atomic mass is 14.5. The van der Waals surface area contributed by atoms with Crippen molar-refractivity contribution in [3.63, 3.8) is 0 Å². The van der Waals surface area contributed by atoms with E-state index in [0.29, 0.717) is 0 Å². The molecule has 0 bridgehead atoms. The van der Waals surface area contributed by atoms with Crippen molar-refractivity contribution < 1.29 is 0 Å². The summed E-state index contributed by atoms with van der Waals surface area (Å²) in [5, 5.41) is 0. The first kappa shape index (κ1) is 12.7. The van der Waals surface area contributed by atoms with Crippen molar-refractivity contribution in [2.24, 2.45) is 35.5 Å². The normalized spacial score (nSPS) is 49.9. The van der Waals surface area contributed by atoms with Gasteiger partial charge in [0.05, 0.1) is 0 Å². The Bertz CT molecular complexity index is 277. The van der Waals surface area contributed by atoms with Crippen molar-refractivity contribution in [2.75, 3.05) is 0 Å². The van der Waals surface area contributed by atoms with Crippen molar-refractivity contribution in [1.82, 2.24) is 0 Å². The van der Waals surface area contributed by atoms with Gasteiger partial charge in [-0.25, -0.2) is 0 Å². The minimum absolute atomic E-state index is 1.15. The maximum atomic E-state index is 1.64. The quantitative estimate of drug-likeness (QED) is 0.588. The molecule has 4 aliphatic rings. The van der Waals surface area contributed by atoms with E-state index < -0.39 is 0 Å². The van der Waals surface area contributed by atoms with Gasteiger partial charge in [0.2, 0.25) is 0 Å². The molecule has 0 aromatic carbocycles. The minimum Gasteiger partial charge on any atom is -0.0530 e. The molecule has 0 spiro atoms. The topological polar surface area (TPSA) is 0 Å². The van der Waals surface area contributed by atoms with Gasteiger partial charge in [-0.05, 0) is 80.5 Å². The first-order valence-electron chi connectivity index (χ1n) is 9.42. The maximum absolute atomic E-state index is 1.64. The third-order valence-electron chi connectivity index (χ3n) is 7.57. The van der Waals surface area contributed by atoms with Crippen molar-refractivity contribution in [3.05, 3.63) is 0 Å². The van der Waals surface area contributed by atoms with Crippen LogP contribution in [0.15, 0.2) is 0 Å². The van der Waals surface area contributed by atoms with Gasteiger partial charge in [0.1, 0.15) is 0 Å². The highest BCUT2D eigenvalue weighted by Gasteiger charge is 2.42. The Hall–Kier alpha value is 0. The van der Waals surface area contributed by atoms with Crippen LogP contribution < -0.4 is 0 Å². The van der Waals surface area contributed by atoms with Crippen LogP contribution in [-0.2, 0) is 0 Å². The Morgan fingerprint density at radius 1 is 0.474 bits per heavy atom. The Labute approximate surface area is 119 Å². The van der Waals surface area contributed by atoms with Gasteiger partial charge in [-0.15, -0.1) is 0 Å². The van der Waals surface area contributed by atoms with Crippen LogP contribution in [0, 0.1) is 35.5 Å². The van der Waals surface area contributed by atoms with Crippen molar-refractivity contribution in [3.8, 4) is 0 Å². The molecule has 0 radical (unpaired) electrons. The van der Waals surface area contributed by atoms with Crippen molar-refractivity contribution in [2.45, 2.75) is 83.5 Å². The van der Waals surface area contributed by atoms with E-state index in [-0.39, 0.29) is 0 Å². The molecule has 0 heterocycles. The molecule has 0 nitrogen and oxygen atoms in total. The average Bonchev–Trinajstić information content (AvgIpc) is 3.05. The summed E-state index contributed by atoms with van der Waals surface area (Å²) in [4.78, 5) is 0. The van der Waals surface area contributed by atoms with Gasteiger partial charge in [-0.1, -0.05) is 38.5 Å². The van der Waals surface area contributed by atoms with E-state index in [1.165, 1.54) is 0 Å². The van der Waals surface area contributed by atoms with E-state index in [9.17, 15) is 0 Å². The summed E-state index contributed by atoms with van der Waals surface area (Å²) in [6.45, 7) is 0. The second-order valence-electron chi connectivity index (χ2n) is 8.33. The molecule has 108 valence electrons. The molecule has 4 aliphatic carbocycles. The number of hydrogen-bond acceptors (Lipinski definition) is 0. The van der Waals surface area contributed by atoms with Gasteiger partial charge in [-0.2, -0.15) is 0 Å². The Kier molecular flexibility index (Phi) is 3.62. The second kappa shape index (κ2) is 5.41. The zero-order chi connectivity index (χ0) is 12.7. The molecule has 5 unspecified atom stereocenters. The predicted molar refractivity (Wildman–Crippen MR) is 81.0 cm³/mol. The zero-order valence-corrected chi connectivity index (χ0v) is 12.7. The van der Waals surface area contributed by atoms with Crippen LogP contribution in [-0.4, -0.2) is 0 Å². The first-order chi connectivity index (χ1) is 9.42. The molecule has 6 atom stereocenters. The van der Waals surface area contributed by atoms with E-state index in [1.54, 1.807) is 83.5 Å². The van der Waals surface area contributed by atoms with Crippen LogP contribution in [0.4, 0.5) is 0 Å². The van der Waals surface area contributed by atoms with Crippen LogP contribution in [0.25, 0.3) is 0 Å². The van der Waals surface area contributed by atoms with E-state index in [0.717, 1.165) is 35.5 Å². The lowest BCUT2D eigenvalue weighted by atomic mass is 9.72. The summed E-state index contributed by atoms with van der Waals surface area (Å²) in [7, 11) is 0. The monoisotopic (exact) mass is 260 g/mol. The van der Waals surface area contributed by atoms with E-state index in [4.69, 9.17) is 0 Å². The molecule has 4 rings (SSSR count). The lowest BCUT2D eigenvalue weighted by Crippen LogP contribution is -2.24. The van der Waals surface area contributed by atoms with E-state index in [1.807, 2.05) is 0 Å². The lowest BCUT2D eigenvalue weighted by Gasteiger charge is -2.34. The molecule has 0 aromatic heterocycles. The second-order valence-corrected chi connectivity index (χ2v) is 8.33. The number of fused-ring (bicyclic) bond motifs is 2. The van der Waals surface area contributed by atoms with Gasteiger partial charge in [0.15, 0.2) is 0 Å². The third-order valence-corrected chi connectivity index (χ3v) is 7.57. The van der Waals surface area contributed by atoms with Crippen molar-refractivity contribution >= 4 is 0 Å². The number of hydrogen-bond donors (Lipinski definition) is 0. The fourth-order valence-corrected chi connectivity index (χ4v) is 6.69. The lowest BCUT2D eigenvalue weighted by molar-refractivity contribution is 0.164. The molecule has 0 saturated heterocycles. The molecular weight excluding hydrogens is 228 g/mol. The average molecular weight is 260 g/mol. The molecule has 0 N–H and O–H groups in total. The van der Waals surface area contributed by atoms with Gasteiger partial charge in [0, 0.05) is 0 Å². The van der Waals surface area contributed by atoms with Crippen LogP contribution in [0.5, 0.6) is 0 Å². The summed E-state index contributed by atoms with van der Waals surface area (Å²) in [5.74, 6) is 6.93. The largest absolute Gasteiger partial charge is 0.0530 e. The molecule has 0 aromatic rings.